The number of phenolic OH excluding ortho intramolecular Hbond substituents is 1. The van der Waals surface area contributed by atoms with Gasteiger partial charge in [-0.1, -0.05) is 74.5 Å². The quantitative estimate of drug-likeness (QED) is 0.0252. The van der Waals surface area contributed by atoms with Gasteiger partial charge in [0.05, 0.1) is 19.0 Å². The van der Waals surface area contributed by atoms with E-state index in [0.29, 0.717) is 41.4 Å². The Bertz CT molecular complexity index is 3300. The average Bonchev–Trinajstić information content (AvgIpc) is 1.68. The molecular formula is C61H77N11O20. The van der Waals surface area contributed by atoms with E-state index in [-0.39, 0.29) is 42.9 Å². The molecule has 1 saturated heterocycles. The third-order valence-electron chi connectivity index (χ3n) is 14.6. The van der Waals surface area contributed by atoms with Crippen LogP contribution >= 0.6 is 0 Å². The van der Waals surface area contributed by atoms with Crippen LogP contribution in [0.4, 0.5) is 0 Å². The Balaban J connectivity index is 1.43. The number of carboxylic acids is 5. The normalized spacial score (nSPS) is 15.3. The van der Waals surface area contributed by atoms with Gasteiger partial charge in [-0.3, -0.25) is 62.3 Å². The predicted octanol–water partition coefficient (Wildman–Crippen LogP) is -1.15. The van der Waals surface area contributed by atoms with Crippen molar-refractivity contribution in [2.24, 2.45) is 5.92 Å². The number of H-pyrrole nitrogens is 1. The standard InChI is InChI=1S/C61H77N11O20/c1-32(2)25-43(56(86)68-42(61(91)92)20-23-51(79)80)69-59(89)46(28-35-30-63-38-12-7-6-11-37(35)38)72-55(85)41(19-22-50(77)78)67-57(87)44(26-33-9-4-3-5-10-33)70-58(88)45(27-34-14-16-36(73)17-15-34)71-60(90)47(29-52(81)82)65-48(74)31-64-53(83)40(18-21-49(75)76)66-54(84)39-13-8-24-62-39/h3-7,9-12,14-17,30,32,39-47,62-63,73H,8,13,18-29,31H2,1-2H3,(H,64,83)(H,65,74)(H,66,84)(H,67,87)(H,68,86)(H,69,89)(H,70,88)(H,71,90)(H,72,85)(H,75,76)(H,77,78)(H,79,80)(H,81,82)(H,91,92)/t39-,40-,41-,42-,43-,44-,45-,46-,47-/m0/s1. The SMILES string of the molecule is CC(C)C[C@H](NC(=O)[C@H](Cc1c[nH]c2ccccc12)NC(=O)[C@H](CCC(=O)O)NC(=O)[C@H](Cc1ccccc1)NC(=O)[C@H](Cc1ccc(O)cc1)NC(=O)[C@H](CC(=O)O)NC(=O)CNC(=O)[C@H](CCC(=O)O)NC(=O)[C@@H]1CCCN1)C(=O)N[C@@H](CCC(=O)O)C(=O)O. The molecule has 31 heteroatoms. The fourth-order valence-electron chi connectivity index (χ4n) is 9.90. The lowest BCUT2D eigenvalue weighted by Crippen LogP contribution is -2.61. The predicted molar refractivity (Wildman–Crippen MR) is 323 cm³/mol. The summed E-state index contributed by atoms with van der Waals surface area (Å²) in [6.45, 7) is 3.02. The number of benzene rings is 3. The fraction of sp³-hybridized carbons (Fsp3) is 0.443. The summed E-state index contributed by atoms with van der Waals surface area (Å²) >= 11 is 0. The van der Waals surface area contributed by atoms with Crippen LogP contribution in [0.1, 0.15) is 94.7 Å². The zero-order valence-electron chi connectivity index (χ0n) is 50.4. The largest absolute Gasteiger partial charge is 0.508 e. The summed E-state index contributed by atoms with van der Waals surface area (Å²) in [6, 6.07) is 6.19. The number of hydrogen-bond donors (Lipinski definition) is 17. The number of para-hydroxylation sites is 1. The van der Waals surface area contributed by atoms with Crippen molar-refractivity contribution in [2.45, 2.75) is 152 Å². The highest BCUT2D eigenvalue weighted by Gasteiger charge is 2.37. The Kier molecular flexibility index (Phi) is 28.0. The van der Waals surface area contributed by atoms with Crippen LogP contribution in [0.25, 0.3) is 10.9 Å². The summed E-state index contributed by atoms with van der Waals surface area (Å²) in [4.78, 5) is 188. The van der Waals surface area contributed by atoms with Crippen LogP contribution in [0.15, 0.2) is 85.1 Å². The van der Waals surface area contributed by atoms with Crippen molar-refractivity contribution in [3.63, 3.8) is 0 Å². The average molecular weight is 1280 g/mol. The molecule has 0 unspecified atom stereocenters. The number of phenols is 1. The van der Waals surface area contributed by atoms with Gasteiger partial charge in [0.25, 0.3) is 0 Å². The number of aromatic nitrogens is 1. The topological polar surface area (TPSA) is 496 Å². The zero-order valence-corrected chi connectivity index (χ0v) is 50.4. The summed E-state index contributed by atoms with van der Waals surface area (Å²) in [7, 11) is 0. The van der Waals surface area contributed by atoms with Crippen molar-refractivity contribution in [2.75, 3.05) is 13.1 Å². The van der Waals surface area contributed by atoms with Crippen LogP contribution in [0, 0.1) is 5.92 Å². The number of nitrogens with one attached hydrogen (secondary N) is 11. The molecule has 1 aromatic heterocycles. The first-order valence-corrected chi connectivity index (χ1v) is 29.6. The Labute approximate surface area is 526 Å². The molecule has 31 nitrogen and oxygen atoms in total. The molecule has 3 aromatic carbocycles. The molecule has 1 aliphatic heterocycles. The van der Waals surface area contributed by atoms with Gasteiger partial charge in [0.2, 0.25) is 53.2 Å². The fourth-order valence-corrected chi connectivity index (χ4v) is 9.90. The van der Waals surface area contributed by atoms with Gasteiger partial charge in [0.1, 0.15) is 54.1 Å². The summed E-state index contributed by atoms with van der Waals surface area (Å²) in [5.74, 6) is -17.0. The van der Waals surface area contributed by atoms with Gasteiger partial charge in [-0.15, -0.1) is 0 Å². The van der Waals surface area contributed by atoms with Gasteiger partial charge in [0.15, 0.2) is 0 Å². The molecule has 0 saturated carbocycles. The molecule has 5 rings (SSSR count). The molecular weight excluding hydrogens is 1210 g/mol. The van der Waals surface area contributed by atoms with Crippen molar-refractivity contribution in [1.29, 1.82) is 0 Å². The number of aromatic amines is 1. The molecule has 0 radical (unpaired) electrons. The van der Waals surface area contributed by atoms with Crippen LogP contribution < -0.4 is 53.2 Å². The number of aromatic hydroxyl groups is 1. The first-order chi connectivity index (χ1) is 43.6. The van der Waals surface area contributed by atoms with Crippen molar-refractivity contribution in [1.82, 2.24) is 58.2 Å². The van der Waals surface area contributed by atoms with Crippen LogP contribution in [-0.2, 0) is 86.4 Å². The van der Waals surface area contributed by atoms with Gasteiger partial charge in [-0.25, -0.2) is 4.79 Å². The van der Waals surface area contributed by atoms with E-state index in [2.05, 4.69) is 58.2 Å². The van der Waals surface area contributed by atoms with Crippen molar-refractivity contribution in [3.8, 4) is 5.75 Å². The van der Waals surface area contributed by atoms with Gasteiger partial charge >= 0.3 is 29.8 Å². The van der Waals surface area contributed by atoms with Gasteiger partial charge in [-0.05, 0) is 85.9 Å². The number of rotatable bonds is 38. The van der Waals surface area contributed by atoms with Gasteiger partial charge < -0.3 is 88.8 Å². The molecule has 1 fully saturated rings. The van der Waals surface area contributed by atoms with Crippen molar-refractivity contribution in [3.05, 3.63) is 102 Å². The Morgan fingerprint density at radius 2 is 0.957 bits per heavy atom. The number of carbonyl (C=O) groups is 14. The number of hydrogen-bond acceptors (Lipinski definition) is 16. The molecule has 0 spiro atoms. The van der Waals surface area contributed by atoms with Crippen molar-refractivity contribution < 1.29 is 97.8 Å². The van der Waals surface area contributed by atoms with E-state index in [1.54, 1.807) is 74.6 Å². The Morgan fingerprint density at radius 3 is 1.49 bits per heavy atom. The Morgan fingerprint density at radius 1 is 0.489 bits per heavy atom. The highest BCUT2D eigenvalue weighted by atomic mass is 16.4. The number of carboxylic acid groups (broad SMARTS) is 5. The molecule has 9 amide bonds. The molecule has 9 atom stereocenters. The van der Waals surface area contributed by atoms with Crippen LogP contribution in [-0.4, -0.2) is 186 Å². The maximum Gasteiger partial charge on any atom is 0.326 e. The molecule has 1 aliphatic rings. The van der Waals surface area contributed by atoms with E-state index in [1.807, 2.05) is 0 Å². The number of fused-ring (bicyclic) bond motifs is 1. The van der Waals surface area contributed by atoms with E-state index >= 15 is 0 Å². The first kappa shape index (κ1) is 72.3. The monoisotopic (exact) mass is 1280 g/mol. The lowest BCUT2D eigenvalue weighted by atomic mass is 9.99. The summed E-state index contributed by atoms with van der Waals surface area (Å²) in [5.41, 5.74) is 1.80. The molecule has 0 bridgehead atoms. The minimum absolute atomic E-state index is 0.0782. The van der Waals surface area contributed by atoms with E-state index in [0.717, 1.165) is 0 Å². The zero-order chi connectivity index (χ0) is 67.6. The van der Waals surface area contributed by atoms with E-state index in [4.69, 9.17) is 0 Å². The minimum Gasteiger partial charge on any atom is -0.508 e. The smallest absolute Gasteiger partial charge is 0.326 e. The lowest BCUT2D eigenvalue weighted by Gasteiger charge is -2.28. The first-order valence-electron chi connectivity index (χ1n) is 29.6. The lowest BCUT2D eigenvalue weighted by molar-refractivity contribution is -0.144. The second kappa shape index (κ2) is 35.7. The molecule has 496 valence electrons. The van der Waals surface area contributed by atoms with Crippen molar-refractivity contribution >= 4 is 93.9 Å². The number of amides is 9. The van der Waals surface area contributed by atoms with Gasteiger partial charge in [0, 0.05) is 55.6 Å². The van der Waals surface area contributed by atoms with Crippen LogP contribution in [0.5, 0.6) is 5.75 Å². The van der Waals surface area contributed by atoms with E-state index in [1.165, 1.54) is 24.3 Å². The summed E-state index contributed by atoms with van der Waals surface area (Å²) < 4.78 is 0. The molecule has 0 aliphatic carbocycles. The number of aliphatic carboxylic acids is 5. The maximum atomic E-state index is 14.8. The molecule has 92 heavy (non-hydrogen) atoms. The third kappa shape index (κ3) is 24.1. The highest BCUT2D eigenvalue weighted by molar-refractivity contribution is 5.99. The van der Waals surface area contributed by atoms with Gasteiger partial charge in [-0.2, -0.15) is 0 Å². The second-order valence-corrected chi connectivity index (χ2v) is 22.4. The summed E-state index contributed by atoms with van der Waals surface area (Å²) in [6.07, 6.45) is -2.95. The summed E-state index contributed by atoms with van der Waals surface area (Å²) in [5, 5.41) is 83.4. The molecule has 4 aromatic rings. The van der Waals surface area contributed by atoms with Crippen LogP contribution in [0.2, 0.25) is 0 Å². The van der Waals surface area contributed by atoms with E-state index in [9.17, 15) is 97.8 Å². The number of carbonyl (C=O) groups excluding carboxylic acids is 9. The third-order valence-corrected chi connectivity index (χ3v) is 14.6. The van der Waals surface area contributed by atoms with E-state index < -0.39 is 189 Å². The molecule has 17 N–H and O–H groups in total. The Hall–Kier alpha value is -10.5. The maximum absolute atomic E-state index is 14.8. The second-order valence-electron chi connectivity index (χ2n) is 22.4. The van der Waals surface area contributed by atoms with Crippen LogP contribution in [0.3, 0.4) is 0 Å². The molecule has 2 heterocycles. The minimum atomic E-state index is -1.96. The highest BCUT2D eigenvalue weighted by Crippen LogP contribution is 2.21.